The number of ether oxygens (including phenoxy) is 1. The highest BCUT2D eigenvalue weighted by molar-refractivity contribution is 9.09. The van der Waals surface area contributed by atoms with Crippen LogP contribution in [0.4, 0.5) is 0 Å². The molecule has 1 heterocycles. The van der Waals surface area contributed by atoms with Crippen LogP contribution in [0.2, 0.25) is 0 Å². The predicted molar refractivity (Wildman–Crippen MR) is 84.9 cm³/mol. The molecule has 2 atom stereocenters. The number of benzene rings is 2. The number of hydrogen-bond donors (Lipinski definition) is 0. The number of epoxide rings is 1. The second-order valence-electron chi connectivity index (χ2n) is 4.76. The molecule has 98 valence electrons. The summed E-state index contributed by atoms with van der Waals surface area (Å²) in [6, 6.07) is 20.8. The van der Waals surface area contributed by atoms with Crippen molar-refractivity contribution in [3.05, 3.63) is 71.8 Å². The van der Waals surface area contributed by atoms with Crippen LogP contribution >= 0.6 is 31.9 Å². The fourth-order valence-corrected chi connectivity index (χ4v) is 4.48. The van der Waals surface area contributed by atoms with Crippen LogP contribution < -0.4 is 0 Å². The van der Waals surface area contributed by atoms with E-state index in [1.807, 2.05) is 12.1 Å². The van der Waals surface area contributed by atoms with Gasteiger partial charge in [-0.15, -0.1) is 0 Å². The van der Waals surface area contributed by atoms with Crippen molar-refractivity contribution in [3.63, 3.8) is 0 Å². The van der Waals surface area contributed by atoms with E-state index in [-0.39, 0.29) is 11.2 Å². The third kappa shape index (κ3) is 1.91. The third-order valence-electron chi connectivity index (χ3n) is 3.82. The number of rotatable bonds is 4. The van der Waals surface area contributed by atoms with Crippen LogP contribution in [-0.2, 0) is 15.9 Å². The molecular formula is C16H14Br2O. The van der Waals surface area contributed by atoms with Crippen molar-refractivity contribution in [1.82, 2.24) is 0 Å². The lowest BCUT2D eigenvalue weighted by Gasteiger charge is -2.17. The summed E-state index contributed by atoms with van der Waals surface area (Å²) in [5.41, 5.74) is 1.88. The minimum atomic E-state index is -0.279. The van der Waals surface area contributed by atoms with Crippen LogP contribution in [-0.4, -0.2) is 10.7 Å². The second kappa shape index (κ2) is 5.04. The van der Waals surface area contributed by atoms with Crippen molar-refractivity contribution < 1.29 is 4.74 Å². The van der Waals surface area contributed by atoms with Crippen molar-refractivity contribution in [1.29, 1.82) is 0 Å². The molecule has 0 bridgehead atoms. The van der Waals surface area contributed by atoms with Gasteiger partial charge in [-0.3, -0.25) is 0 Å². The highest BCUT2D eigenvalue weighted by atomic mass is 79.9. The van der Waals surface area contributed by atoms with Gasteiger partial charge >= 0.3 is 0 Å². The van der Waals surface area contributed by atoms with Gasteiger partial charge in [0.2, 0.25) is 0 Å². The van der Waals surface area contributed by atoms with Gasteiger partial charge in [0.25, 0.3) is 0 Å². The highest BCUT2D eigenvalue weighted by Crippen LogP contribution is 2.63. The first-order valence-corrected chi connectivity index (χ1v) is 8.46. The third-order valence-corrected chi connectivity index (χ3v) is 5.40. The molecule has 1 aliphatic rings. The molecule has 3 rings (SSSR count). The van der Waals surface area contributed by atoms with Gasteiger partial charge in [0.05, 0.1) is 0 Å². The maximum absolute atomic E-state index is 6.27. The average molecular weight is 382 g/mol. The normalized spacial score (nSPS) is 29.2. The molecule has 2 unspecified atom stereocenters. The van der Waals surface area contributed by atoms with Crippen LogP contribution in [0.3, 0.4) is 0 Å². The van der Waals surface area contributed by atoms with Crippen LogP contribution in [0.5, 0.6) is 0 Å². The zero-order valence-electron chi connectivity index (χ0n) is 10.4. The minimum Gasteiger partial charge on any atom is -0.350 e. The van der Waals surface area contributed by atoms with E-state index in [9.17, 15) is 0 Å². The largest absolute Gasteiger partial charge is 0.350 e. The van der Waals surface area contributed by atoms with E-state index in [1.165, 1.54) is 11.1 Å². The maximum atomic E-state index is 6.27. The Labute approximate surface area is 130 Å². The van der Waals surface area contributed by atoms with Gasteiger partial charge in [-0.05, 0) is 11.1 Å². The molecule has 19 heavy (non-hydrogen) atoms. The van der Waals surface area contributed by atoms with Crippen LogP contribution in [0.25, 0.3) is 0 Å². The number of halogens is 2. The maximum Gasteiger partial charge on any atom is 0.138 e. The zero-order chi connectivity index (χ0) is 13.3. The van der Waals surface area contributed by atoms with Crippen molar-refractivity contribution >= 4 is 31.9 Å². The number of hydrogen-bond acceptors (Lipinski definition) is 1. The Morgan fingerprint density at radius 2 is 1.05 bits per heavy atom. The Morgan fingerprint density at radius 1 is 0.684 bits per heavy atom. The van der Waals surface area contributed by atoms with Crippen molar-refractivity contribution in [2.24, 2.45) is 0 Å². The zero-order valence-corrected chi connectivity index (χ0v) is 13.5. The van der Waals surface area contributed by atoms with Gasteiger partial charge in [-0.25, -0.2) is 0 Å². The first-order chi connectivity index (χ1) is 9.29. The van der Waals surface area contributed by atoms with E-state index in [0.29, 0.717) is 0 Å². The van der Waals surface area contributed by atoms with Gasteiger partial charge in [0.15, 0.2) is 0 Å². The Morgan fingerprint density at radius 3 is 1.37 bits per heavy atom. The molecule has 2 aromatic rings. The first-order valence-electron chi connectivity index (χ1n) is 6.22. The van der Waals surface area contributed by atoms with E-state index in [0.717, 1.165) is 10.7 Å². The van der Waals surface area contributed by atoms with E-state index in [2.05, 4.69) is 80.4 Å². The van der Waals surface area contributed by atoms with Gasteiger partial charge < -0.3 is 4.74 Å². The molecule has 3 heteroatoms. The lowest BCUT2D eigenvalue weighted by atomic mass is 9.84. The van der Waals surface area contributed by atoms with Crippen LogP contribution in [0.15, 0.2) is 60.7 Å². The summed E-state index contributed by atoms with van der Waals surface area (Å²) in [5, 5.41) is 1.56. The van der Waals surface area contributed by atoms with E-state index >= 15 is 0 Å². The molecule has 0 spiro atoms. The quantitative estimate of drug-likeness (QED) is 0.557. The molecule has 0 saturated carbocycles. The summed E-state index contributed by atoms with van der Waals surface area (Å²) in [7, 11) is 0. The van der Waals surface area contributed by atoms with Gasteiger partial charge in [-0.1, -0.05) is 92.5 Å². The topological polar surface area (TPSA) is 12.5 Å². The second-order valence-corrected chi connectivity index (χ2v) is 5.88. The summed E-state index contributed by atoms with van der Waals surface area (Å²) in [5.74, 6) is 0. The standard InChI is InChI=1S/C16H14Br2O/c17-11-15(13-7-3-1-4-8-13)16(12-18,19-15)14-9-5-2-6-10-14/h1-10H,11-12H2. The fourth-order valence-electron chi connectivity index (χ4n) is 2.70. The monoisotopic (exact) mass is 380 g/mol. The summed E-state index contributed by atoms with van der Waals surface area (Å²) < 4.78 is 6.27. The summed E-state index contributed by atoms with van der Waals surface area (Å²) in [6.07, 6.45) is 0. The SMILES string of the molecule is BrCC1(c2ccccc2)OC1(CBr)c1ccccc1. The minimum absolute atomic E-state index is 0.279. The molecule has 0 amide bonds. The Kier molecular flexibility index (Phi) is 3.54. The molecular weight excluding hydrogens is 368 g/mol. The van der Waals surface area contributed by atoms with Crippen LogP contribution in [0.1, 0.15) is 11.1 Å². The van der Waals surface area contributed by atoms with Gasteiger partial charge in [0.1, 0.15) is 11.2 Å². The molecule has 2 aromatic carbocycles. The summed E-state index contributed by atoms with van der Waals surface area (Å²) in [4.78, 5) is 0. The molecule has 0 radical (unpaired) electrons. The Balaban J connectivity index is 2.07. The Hall–Kier alpha value is -0.640. The average Bonchev–Trinajstić information content (AvgIpc) is 3.20. The highest BCUT2D eigenvalue weighted by Gasteiger charge is 2.70. The predicted octanol–water partition coefficient (Wildman–Crippen LogP) is 4.60. The van der Waals surface area contributed by atoms with Gasteiger partial charge in [-0.2, -0.15) is 0 Å². The van der Waals surface area contributed by atoms with Crippen molar-refractivity contribution in [2.75, 3.05) is 10.7 Å². The molecule has 1 aliphatic heterocycles. The smallest absolute Gasteiger partial charge is 0.138 e. The lowest BCUT2D eigenvalue weighted by Crippen LogP contribution is -2.25. The number of alkyl halides is 2. The summed E-state index contributed by atoms with van der Waals surface area (Å²) >= 11 is 7.28. The van der Waals surface area contributed by atoms with Gasteiger partial charge in [0, 0.05) is 10.7 Å². The molecule has 0 aliphatic carbocycles. The molecule has 0 N–H and O–H groups in total. The van der Waals surface area contributed by atoms with Crippen molar-refractivity contribution in [3.8, 4) is 0 Å². The Bertz CT molecular complexity index is 506. The molecule has 1 saturated heterocycles. The first kappa shape index (κ1) is 13.3. The van der Waals surface area contributed by atoms with E-state index < -0.39 is 0 Å². The fraction of sp³-hybridized carbons (Fsp3) is 0.250. The van der Waals surface area contributed by atoms with Crippen molar-refractivity contribution in [2.45, 2.75) is 11.2 Å². The molecule has 0 aromatic heterocycles. The van der Waals surface area contributed by atoms with E-state index in [4.69, 9.17) is 4.74 Å². The molecule has 1 nitrogen and oxygen atoms in total. The lowest BCUT2D eigenvalue weighted by molar-refractivity contribution is 0.286. The molecule has 1 fully saturated rings. The summed E-state index contributed by atoms with van der Waals surface area (Å²) in [6.45, 7) is 0. The van der Waals surface area contributed by atoms with Crippen LogP contribution in [0, 0.1) is 0 Å². The van der Waals surface area contributed by atoms with E-state index in [1.54, 1.807) is 0 Å².